The Kier molecular flexibility index (Phi) is 5.58. The molecule has 0 aliphatic rings. The molecule has 1 aromatic heterocycles. The standard InChI is InChI=1S/C13H22N4O/c1-5-15-12-6-7-14-10-11(12)13(18)17(4)9-8-16(2)3/h6-7,10H,5,8-9H2,1-4H3,(H,14,15). The van der Waals surface area contributed by atoms with Crippen molar-refractivity contribution in [2.75, 3.05) is 46.1 Å². The number of aromatic nitrogens is 1. The summed E-state index contributed by atoms with van der Waals surface area (Å²) in [5.41, 5.74) is 1.47. The van der Waals surface area contributed by atoms with E-state index in [1.807, 2.05) is 34.1 Å². The second kappa shape index (κ2) is 6.96. The summed E-state index contributed by atoms with van der Waals surface area (Å²) < 4.78 is 0. The molecule has 1 heterocycles. The minimum Gasteiger partial charge on any atom is -0.385 e. The monoisotopic (exact) mass is 250 g/mol. The molecule has 5 nitrogen and oxygen atoms in total. The number of amides is 1. The Labute approximate surface area is 109 Å². The van der Waals surface area contributed by atoms with Crippen LogP contribution in [0, 0.1) is 0 Å². The van der Waals surface area contributed by atoms with E-state index in [4.69, 9.17) is 0 Å². The van der Waals surface area contributed by atoms with E-state index < -0.39 is 0 Å². The first kappa shape index (κ1) is 14.4. The molecule has 0 atom stereocenters. The fraction of sp³-hybridized carbons (Fsp3) is 0.538. The Morgan fingerprint density at radius 3 is 2.67 bits per heavy atom. The molecule has 18 heavy (non-hydrogen) atoms. The van der Waals surface area contributed by atoms with Gasteiger partial charge in [-0.15, -0.1) is 0 Å². The number of carbonyl (C=O) groups excluding carboxylic acids is 1. The highest BCUT2D eigenvalue weighted by atomic mass is 16.2. The maximum Gasteiger partial charge on any atom is 0.257 e. The van der Waals surface area contributed by atoms with Gasteiger partial charge in [0.1, 0.15) is 0 Å². The molecule has 0 aliphatic carbocycles. The molecule has 1 N–H and O–H groups in total. The number of nitrogens with zero attached hydrogens (tertiary/aromatic N) is 3. The summed E-state index contributed by atoms with van der Waals surface area (Å²) in [5.74, 6) is 0.000833. The lowest BCUT2D eigenvalue weighted by Crippen LogP contribution is -2.33. The van der Waals surface area contributed by atoms with Crippen molar-refractivity contribution in [3.63, 3.8) is 0 Å². The second-order valence-corrected chi connectivity index (χ2v) is 4.48. The third kappa shape index (κ3) is 4.00. The van der Waals surface area contributed by atoms with Gasteiger partial charge in [-0.2, -0.15) is 0 Å². The molecule has 0 aromatic carbocycles. The van der Waals surface area contributed by atoms with Crippen molar-refractivity contribution < 1.29 is 4.79 Å². The third-order valence-corrected chi connectivity index (χ3v) is 2.65. The molecule has 0 unspecified atom stereocenters. The van der Waals surface area contributed by atoms with Crippen LogP contribution in [0.3, 0.4) is 0 Å². The summed E-state index contributed by atoms with van der Waals surface area (Å²) in [5, 5.41) is 3.18. The Morgan fingerprint density at radius 1 is 1.33 bits per heavy atom. The predicted octanol–water partition coefficient (Wildman–Crippen LogP) is 1.15. The van der Waals surface area contributed by atoms with Crippen LogP contribution in [0.5, 0.6) is 0 Å². The van der Waals surface area contributed by atoms with Crippen molar-refractivity contribution in [3.8, 4) is 0 Å². The van der Waals surface area contributed by atoms with Crippen LogP contribution in [0.25, 0.3) is 0 Å². The normalized spacial score (nSPS) is 10.5. The molecule has 1 aromatic rings. The summed E-state index contributed by atoms with van der Waals surface area (Å²) >= 11 is 0. The average molecular weight is 250 g/mol. The van der Waals surface area contributed by atoms with E-state index in [0.717, 1.165) is 18.8 Å². The highest BCUT2D eigenvalue weighted by molar-refractivity contribution is 5.99. The zero-order valence-electron chi connectivity index (χ0n) is 11.6. The molecule has 1 rings (SSSR count). The number of anilines is 1. The van der Waals surface area contributed by atoms with Gasteiger partial charge >= 0.3 is 0 Å². The van der Waals surface area contributed by atoms with Gasteiger partial charge in [0.2, 0.25) is 0 Å². The predicted molar refractivity (Wildman–Crippen MR) is 73.9 cm³/mol. The summed E-state index contributed by atoms with van der Waals surface area (Å²) in [6, 6.07) is 1.83. The Bertz CT molecular complexity index is 392. The van der Waals surface area contributed by atoms with Crippen molar-refractivity contribution in [3.05, 3.63) is 24.0 Å². The second-order valence-electron chi connectivity index (χ2n) is 4.48. The molecule has 0 saturated carbocycles. The van der Waals surface area contributed by atoms with Gasteiger partial charge in [-0.3, -0.25) is 9.78 Å². The number of nitrogens with one attached hydrogen (secondary N) is 1. The fourth-order valence-corrected chi connectivity index (χ4v) is 1.57. The largest absolute Gasteiger partial charge is 0.385 e. The first-order valence-corrected chi connectivity index (χ1v) is 6.14. The number of carbonyl (C=O) groups is 1. The summed E-state index contributed by atoms with van der Waals surface area (Å²) in [6.07, 6.45) is 3.31. The van der Waals surface area contributed by atoms with Gasteiger partial charge in [-0.05, 0) is 27.1 Å². The molecule has 0 radical (unpaired) electrons. The number of pyridine rings is 1. The summed E-state index contributed by atoms with van der Waals surface area (Å²) in [7, 11) is 5.80. The summed E-state index contributed by atoms with van der Waals surface area (Å²) in [6.45, 7) is 4.33. The Hall–Kier alpha value is -1.62. The molecule has 0 bridgehead atoms. The van der Waals surface area contributed by atoms with Crippen LogP contribution in [-0.2, 0) is 0 Å². The van der Waals surface area contributed by atoms with E-state index in [-0.39, 0.29) is 5.91 Å². The smallest absolute Gasteiger partial charge is 0.257 e. The van der Waals surface area contributed by atoms with Crippen molar-refractivity contribution in [2.24, 2.45) is 0 Å². The van der Waals surface area contributed by atoms with Gasteiger partial charge in [0.05, 0.1) is 11.3 Å². The maximum atomic E-state index is 12.3. The van der Waals surface area contributed by atoms with Crippen molar-refractivity contribution in [1.82, 2.24) is 14.8 Å². The van der Waals surface area contributed by atoms with Crippen LogP contribution in [0.15, 0.2) is 18.5 Å². The topological polar surface area (TPSA) is 48.5 Å². The van der Waals surface area contributed by atoms with Crippen molar-refractivity contribution >= 4 is 11.6 Å². The van der Waals surface area contributed by atoms with Crippen LogP contribution >= 0.6 is 0 Å². The molecule has 100 valence electrons. The van der Waals surface area contributed by atoms with Crippen LogP contribution in [0.2, 0.25) is 0 Å². The highest BCUT2D eigenvalue weighted by Crippen LogP contribution is 2.15. The van der Waals surface area contributed by atoms with Crippen LogP contribution < -0.4 is 5.32 Å². The minimum atomic E-state index is 0.000833. The van der Waals surface area contributed by atoms with E-state index in [1.165, 1.54) is 0 Å². The van der Waals surface area contributed by atoms with E-state index in [2.05, 4.69) is 15.2 Å². The number of hydrogen-bond donors (Lipinski definition) is 1. The maximum absolute atomic E-state index is 12.3. The van der Waals surface area contributed by atoms with Crippen molar-refractivity contribution in [2.45, 2.75) is 6.92 Å². The van der Waals surface area contributed by atoms with Crippen LogP contribution in [0.4, 0.5) is 5.69 Å². The fourth-order valence-electron chi connectivity index (χ4n) is 1.57. The van der Waals surface area contributed by atoms with Gasteiger partial charge in [0.15, 0.2) is 0 Å². The SMILES string of the molecule is CCNc1ccncc1C(=O)N(C)CCN(C)C. The minimum absolute atomic E-state index is 0.000833. The highest BCUT2D eigenvalue weighted by Gasteiger charge is 2.15. The lowest BCUT2D eigenvalue weighted by Gasteiger charge is -2.21. The quantitative estimate of drug-likeness (QED) is 0.822. The number of hydrogen-bond acceptors (Lipinski definition) is 4. The molecule has 1 amide bonds. The molecule has 0 fully saturated rings. The zero-order chi connectivity index (χ0) is 13.5. The Morgan fingerprint density at radius 2 is 2.06 bits per heavy atom. The third-order valence-electron chi connectivity index (χ3n) is 2.65. The van der Waals surface area contributed by atoms with Gasteiger partial charge in [-0.25, -0.2) is 0 Å². The first-order valence-electron chi connectivity index (χ1n) is 6.14. The van der Waals surface area contributed by atoms with E-state index in [9.17, 15) is 4.79 Å². The molecular formula is C13H22N4O. The van der Waals surface area contributed by atoms with E-state index >= 15 is 0 Å². The lowest BCUT2D eigenvalue weighted by molar-refractivity contribution is 0.0787. The molecule has 5 heteroatoms. The zero-order valence-corrected chi connectivity index (χ0v) is 11.6. The number of likely N-dealkylation sites (N-methyl/N-ethyl adjacent to an activating group) is 2. The average Bonchev–Trinajstić information content (AvgIpc) is 2.36. The number of rotatable bonds is 6. The van der Waals surface area contributed by atoms with Crippen LogP contribution in [0.1, 0.15) is 17.3 Å². The van der Waals surface area contributed by atoms with Crippen LogP contribution in [-0.4, -0.2) is 61.5 Å². The lowest BCUT2D eigenvalue weighted by atomic mass is 10.2. The van der Waals surface area contributed by atoms with Gasteiger partial charge in [0.25, 0.3) is 5.91 Å². The summed E-state index contributed by atoms with van der Waals surface area (Å²) in [4.78, 5) is 20.1. The Balaban J connectivity index is 2.76. The van der Waals surface area contributed by atoms with Crippen molar-refractivity contribution in [1.29, 1.82) is 0 Å². The van der Waals surface area contributed by atoms with Gasteiger partial charge in [0, 0.05) is 39.1 Å². The molecule has 0 aliphatic heterocycles. The molecule has 0 spiro atoms. The van der Waals surface area contributed by atoms with Gasteiger partial charge in [-0.1, -0.05) is 0 Å². The van der Waals surface area contributed by atoms with Gasteiger partial charge < -0.3 is 15.1 Å². The van der Waals surface area contributed by atoms with E-state index in [0.29, 0.717) is 12.1 Å². The molecule has 0 saturated heterocycles. The van der Waals surface area contributed by atoms with E-state index in [1.54, 1.807) is 17.3 Å². The molecular weight excluding hydrogens is 228 g/mol. The first-order chi connectivity index (χ1) is 8.56.